The largest absolute Gasteiger partial charge is 0.154 e. The Hall–Kier alpha value is -0.430. The van der Waals surface area contributed by atoms with E-state index in [0.29, 0.717) is 5.92 Å². The molecule has 0 bridgehead atoms. The molecule has 0 nitrogen and oxygen atoms in total. The van der Waals surface area contributed by atoms with E-state index < -0.39 is 0 Å². The number of benzene rings is 1. The van der Waals surface area contributed by atoms with Crippen LogP contribution in [0.2, 0.25) is 0 Å². The monoisotopic (exact) mass is 428 g/mol. The molecule has 0 N–H and O–H groups in total. The Morgan fingerprint density at radius 3 is 1.93 bits per heavy atom. The smallest absolute Gasteiger partial charge is 0.0190 e. The molecule has 0 aliphatic heterocycles. The summed E-state index contributed by atoms with van der Waals surface area (Å²) in [5, 5.41) is 0.874. The fourth-order valence-corrected chi connectivity index (χ4v) is 6.40. The van der Waals surface area contributed by atoms with Gasteiger partial charge in [-0.25, -0.2) is 0 Å². The summed E-state index contributed by atoms with van der Waals surface area (Å²) in [5.41, 5.74) is 7.09. The second-order valence-electron chi connectivity index (χ2n) is 12.1. The highest BCUT2D eigenvalue weighted by Gasteiger charge is 2.34. The van der Waals surface area contributed by atoms with Gasteiger partial charge >= 0.3 is 0 Å². The van der Waals surface area contributed by atoms with Gasteiger partial charge in [0.2, 0.25) is 0 Å². The van der Waals surface area contributed by atoms with Gasteiger partial charge in [0.1, 0.15) is 0 Å². The average molecular weight is 429 g/mol. The van der Waals surface area contributed by atoms with Gasteiger partial charge in [-0.15, -0.1) is 0 Å². The number of thioether (sulfide) groups is 1. The third-order valence-electron chi connectivity index (χ3n) is 8.31. The summed E-state index contributed by atoms with van der Waals surface area (Å²) in [7, 11) is 0. The van der Waals surface area contributed by atoms with Gasteiger partial charge < -0.3 is 0 Å². The quantitative estimate of drug-likeness (QED) is 0.434. The van der Waals surface area contributed by atoms with Gasteiger partial charge in [-0.3, -0.25) is 0 Å². The molecule has 2 saturated carbocycles. The van der Waals surface area contributed by atoms with Crippen molar-refractivity contribution >= 4 is 11.8 Å². The first-order chi connectivity index (χ1) is 14.1. The van der Waals surface area contributed by atoms with Crippen molar-refractivity contribution < 1.29 is 0 Å². The molecular weight excluding hydrogens is 380 g/mol. The highest BCUT2D eigenvalue weighted by molar-refractivity contribution is 7.99. The lowest BCUT2D eigenvalue weighted by atomic mass is 9.66. The number of rotatable bonds is 6. The Balaban J connectivity index is 1.98. The molecule has 0 amide bonds. The highest BCUT2D eigenvalue weighted by atomic mass is 32.2. The molecule has 0 atom stereocenters. The zero-order chi connectivity index (χ0) is 21.9. The molecule has 0 heterocycles. The van der Waals surface area contributed by atoms with Crippen LogP contribution in [0.5, 0.6) is 0 Å². The first-order valence-corrected chi connectivity index (χ1v) is 13.9. The topological polar surface area (TPSA) is 0 Å². The van der Waals surface area contributed by atoms with Crippen molar-refractivity contribution in [1.29, 1.82) is 0 Å². The summed E-state index contributed by atoms with van der Waals surface area (Å²) in [4.78, 5) is 0. The second kappa shape index (κ2) is 10.0. The molecule has 1 heteroatoms. The molecule has 0 saturated heterocycles. The second-order valence-corrected chi connectivity index (χ2v) is 13.4. The van der Waals surface area contributed by atoms with Crippen LogP contribution in [-0.2, 0) is 16.6 Å². The summed E-state index contributed by atoms with van der Waals surface area (Å²) in [6.45, 7) is 17.0. The van der Waals surface area contributed by atoms with Crippen molar-refractivity contribution in [3.05, 3.63) is 34.4 Å². The summed E-state index contributed by atoms with van der Waals surface area (Å²) in [6, 6.07) is 5.22. The Kier molecular flexibility index (Phi) is 8.08. The summed E-state index contributed by atoms with van der Waals surface area (Å²) in [5.74, 6) is 2.68. The average Bonchev–Trinajstić information content (AvgIpc) is 2.58. The van der Waals surface area contributed by atoms with Gasteiger partial charge in [0.05, 0.1) is 0 Å². The standard InChI is InChI=1S/C29H48S/c1-21(2)29(6,7)26-19-24(28(3,4)5)18-23(27(26)22-14-13-15-22)20-30-25-16-11-9-8-10-12-17-25/h18-19,21-22,25H,8-17,20H2,1-7H3. The Labute approximate surface area is 192 Å². The van der Waals surface area contributed by atoms with E-state index in [4.69, 9.17) is 0 Å². The summed E-state index contributed by atoms with van der Waals surface area (Å²) in [6.07, 6.45) is 14.4. The van der Waals surface area contributed by atoms with Crippen LogP contribution in [0.4, 0.5) is 0 Å². The van der Waals surface area contributed by atoms with Gasteiger partial charge in [-0.1, -0.05) is 99.1 Å². The molecule has 1 aromatic carbocycles. The molecule has 30 heavy (non-hydrogen) atoms. The minimum absolute atomic E-state index is 0.208. The van der Waals surface area contributed by atoms with Crippen molar-refractivity contribution in [1.82, 2.24) is 0 Å². The van der Waals surface area contributed by atoms with Gasteiger partial charge in [-0.05, 0) is 70.6 Å². The maximum atomic E-state index is 2.61. The first kappa shape index (κ1) is 24.2. The molecule has 3 rings (SSSR count). The van der Waals surface area contributed by atoms with Crippen LogP contribution < -0.4 is 0 Å². The van der Waals surface area contributed by atoms with E-state index in [-0.39, 0.29) is 10.8 Å². The Morgan fingerprint density at radius 1 is 0.833 bits per heavy atom. The normalized spacial score (nSPS) is 20.1. The highest BCUT2D eigenvalue weighted by Crippen LogP contribution is 2.47. The fraction of sp³-hybridized carbons (Fsp3) is 0.793. The Bertz CT molecular complexity index is 679. The number of hydrogen-bond acceptors (Lipinski definition) is 1. The van der Waals surface area contributed by atoms with Crippen molar-refractivity contribution in [2.75, 3.05) is 0 Å². The fourth-order valence-electron chi connectivity index (χ4n) is 5.08. The molecule has 170 valence electrons. The van der Waals surface area contributed by atoms with E-state index >= 15 is 0 Å². The maximum absolute atomic E-state index is 2.61. The molecule has 0 radical (unpaired) electrons. The van der Waals surface area contributed by atoms with E-state index in [9.17, 15) is 0 Å². The maximum Gasteiger partial charge on any atom is 0.0190 e. The number of hydrogen-bond donors (Lipinski definition) is 0. The third-order valence-corrected chi connectivity index (χ3v) is 9.73. The van der Waals surface area contributed by atoms with Crippen molar-refractivity contribution in [2.45, 2.75) is 140 Å². The molecule has 2 aliphatic carbocycles. The summed E-state index contributed by atoms with van der Waals surface area (Å²) < 4.78 is 0. The molecule has 0 spiro atoms. The van der Waals surface area contributed by atoms with Crippen LogP contribution in [0.15, 0.2) is 12.1 Å². The van der Waals surface area contributed by atoms with Crippen LogP contribution in [0.25, 0.3) is 0 Å². The third kappa shape index (κ3) is 5.67. The van der Waals surface area contributed by atoms with Crippen LogP contribution in [0.3, 0.4) is 0 Å². The molecule has 2 aliphatic rings. The summed E-state index contributed by atoms with van der Waals surface area (Å²) >= 11 is 2.29. The molecule has 0 aromatic heterocycles. The van der Waals surface area contributed by atoms with E-state index in [1.165, 1.54) is 70.0 Å². The van der Waals surface area contributed by atoms with Gasteiger partial charge in [0, 0.05) is 11.0 Å². The van der Waals surface area contributed by atoms with Gasteiger partial charge in [0.15, 0.2) is 0 Å². The van der Waals surface area contributed by atoms with E-state index in [2.05, 4.69) is 72.4 Å². The van der Waals surface area contributed by atoms with Crippen molar-refractivity contribution in [2.24, 2.45) is 5.92 Å². The molecule has 0 unspecified atom stereocenters. The van der Waals surface area contributed by atoms with E-state index in [1.807, 2.05) is 0 Å². The lowest BCUT2D eigenvalue weighted by Gasteiger charge is -2.39. The minimum Gasteiger partial charge on any atom is -0.154 e. The lowest BCUT2D eigenvalue weighted by molar-refractivity contribution is 0.352. The van der Waals surface area contributed by atoms with E-state index in [0.717, 1.165) is 11.2 Å². The molecular formula is C29H48S. The van der Waals surface area contributed by atoms with Crippen molar-refractivity contribution in [3.63, 3.8) is 0 Å². The molecule has 1 aromatic rings. The van der Waals surface area contributed by atoms with Crippen LogP contribution in [-0.4, -0.2) is 5.25 Å². The predicted molar refractivity (Wildman–Crippen MR) is 137 cm³/mol. The zero-order valence-corrected chi connectivity index (χ0v) is 21.9. The predicted octanol–water partition coefficient (Wildman–Crippen LogP) is 9.53. The first-order valence-electron chi connectivity index (χ1n) is 12.9. The van der Waals surface area contributed by atoms with Crippen LogP contribution >= 0.6 is 11.8 Å². The van der Waals surface area contributed by atoms with Gasteiger partial charge in [-0.2, -0.15) is 11.8 Å². The van der Waals surface area contributed by atoms with Crippen LogP contribution in [0, 0.1) is 5.92 Å². The lowest BCUT2D eigenvalue weighted by Crippen LogP contribution is -2.30. The molecule has 2 fully saturated rings. The van der Waals surface area contributed by atoms with Crippen LogP contribution in [0.1, 0.15) is 141 Å². The Morgan fingerprint density at radius 2 is 1.43 bits per heavy atom. The van der Waals surface area contributed by atoms with E-state index in [1.54, 1.807) is 22.3 Å². The SMILES string of the molecule is CC(C)C(C)(C)c1cc(C(C)(C)C)cc(CSC2CCCCCCC2)c1C1CCC1. The minimum atomic E-state index is 0.208. The zero-order valence-electron chi connectivity index (χ0n) is 21.1. The van der Waals surface area contributed by atoms with Crippen molar-refractivity contribution in [3.8, 4) is 0 Å². The van der Waals surface area contributed by atoms with Gasteiger partial charge in [0.25, 0.3) is 0 Å².